The van der Waals surface area contributed by atoms with Crippen LogP contribution in [0, 0.1) is 0 Å². The van der Waals surface area contributed by atoms with E-state index in [-0.39, 0.29) is 18.9 Å². The Hall–Kier alpha value is -3.30. The van der Waals surface area contributed by atoms with Crippen LogP contribution in [0.2, 0.25) is 5.02 Å². The number of halogens is 1. The van der Waals surface area contributed by atoms with Crippen LogP contribution in [-0.2, 0) is 4.79 Å². The molecule has 0 saturated carbocycles. The number of nitrogens with one attached hydrogen (secondary N) is 3. The largest absolute Gasteiger partial charge is 0.454 e. The second kappa shape index (κ2) is 7.98. The third-order valence-electron chi connectivity index (χ3n) is 4.10. The number of hydrogen-bond donors (Lipinski definition) is 3. The Morgan fingerprint density at radius 1 is 1.00 bits per heavy atom. The summed E-state index contributed by atoms with van der Waals surface area (Å²) in [4.78, 5) is 36.7. The van der Waals surface area contributed by atoms with Crippen molar-refractivity contribution in [3.63, 3.8) is 0 Å². The van der Waals surface area contributed by atoms with Gasteiger partial charge in [-0.15, -0.1) is 11.3 Å². The number of thiophene rings is 1. The monoisotopic (exact) mass is 431 g/mol. The van der Waals surface area contributed by atoms with Gasteiger partial charge in [0.2, 0.25) is 6.79 Å². The fourth-order valence-corrected chi connectivity index (χ4v) is 4.11. The number of hydrogen-bond acceptors (Lipinski definition) is 6. The van der Waals surface area contributed by atoms with Crippen LogP contribution >= 0.6 is 22.9 Å². The number of rotatable bonds is 4. The van der Waals surface area contributed by atoms with Crippen molar-refractivity contribution < 1.29 is 23.9 Å². The summed E-state index contributed by atoms with van der Waals surface area (Å²) < 4.78 is 11.3. The van der Waals surface area contributed by atoms with Gasteiger partial charge in [-0.05, 0) is 24.3 Å². The molecule has 3 N–H and O–H groups in total. The van der Waals surface area contributed by atoms with Crippen molar-refractivity contribution in [3.05, 3.63) is 57.9 Å². The molecule has 2 heterocycles. The van der Waals surface area contributed by atoms with Crippen molar-refractivity contribution in [3.8, 4) is 11.5 Å². The lowest BCUT2D eigenvalue weighted by Crippen LogP contribution is -2.46. The first-order valence-corrected chi connectivity index (χ1v) is 9.66. The lowest BCUT2D eigenvalue weighted by atomic mass is 10.2. The molecule has 0 aliphatic carbocycles. The standard InChI is InChI=1S/C19H14ClN3O5S/c20-16-11-3-1-2-4-14(11)29-17(16)19(26)21-8-15(24)22-23-18(25)10-5-6-12-13(7-10)28-9-27-12/h1-7H,8-9H2,(H,21,26)(H,22,24)(H,23,25). The van der Waals surface area contributed by atoms with E-state index in [4.69, 9.17) is 21.1 Å². The smallest absolute Gasteiger partial charge is 0.269 e. The summed E-state index contributed by atoms with van der Waals surface area (Å²) in [5.74, 6) is -0.585. The van der Waals surface area contributed by atoms with E-state index < -0.39 is 17.7 Å². The Balaban J connectivity index is 1.30. The van der Waals surface area contributed by atoms with Crippen molar-refractivity contribution in [1.82, 2.24) is 16.2 Å². The Bertz CT molecular complexity index is 1130. The maximum absolute atomic E-state index is 12.3. The molecule has 8 nitrogen and oxygen atoms in total. The molecule has 3 amide bonds. The third-order valence-corrected chi connectivity index (χ3v) is 5.78. The molecular formula is C19H14ClN3O5S. The predicted molar refractivity (Wildman–Crippen MR) is 107 cm³/mol. The molecule has 0 fully saturated rings. The molecule has 0 saturated heterocycles. The number of benzene rings is 2. The van der Waals surface area contributed by atoms with Crippen molar-refractivity contribution in [2.45, 2.75) is 0 Å². The molecule has 3 aromatic rings. The van der Waals surface area contributed by atoms with Gasteiger partial charge in [-0.3, -0.25) is 25.2 Å². The van der Waals surface area contributed by atoms with Crippen LogP contribution in [0.5, 0.6) is 11.5 Å². The van der Waals surface area contributed by atoms with Crippen molar-refractivity contribution in [2.75, 3.05) is 13.3 Å². The lowest BCUT2D eigenvalue weighted by Gasteiger charge is -2.08. The van der Waals surface area contributed by atoms with E-state index in [0.717, 1.165) is 10.1 Å². The summed E-state index contributed by atoms with van der Waals surface area (Å²) in [5, 5.41) is 3.61. The van der Waals surface area contributed by atoms with Crippen LogP contribution in [0.25, 0.3) is 10.1 Å². The average molecular weight is 432 g/mol. The van der Waals surface area contributed by atoms with Gasteiger partial charge < -0.3 is 14.8 Å². The Morgan fingerprint density at radius 3 is 2.62 bits per heavy atom. The summed E-state index contributed by atoms with van der Waals surface area (Å²) in [5.41, 5.74) is 4.81. The van der Waals surface area contributed by atoms with Crippen molar-refractivity contribution in [1.29, 1.82) is 0 Å². The van der Waals surface area contributed by atoms with Gasteiger partial charge in [0.1, 0.15) is 4.88 Å². The molecule has 29 heavy (non-hydrogen) atoms. The number of ether oxygens (including phenoxy) is 2. The normalized spacial score (nSPS) is 11.9. The first-order valence-electron chi connectivity index (χ1n) is 8.47. The van der Waals surface area contributed by atoms with E-state index in [9.17, 15) is 14.4 Å². The van der Waals surface area contributed by atoms with Crippen LogP contribution < -0.4 is 25.6 Å². The van der Waals surface area contributed by atoms with Crippen LogP contribution in [-0.4, -0.2) is 31.1 Å². The van der Waals surface area contributed by atoms with Gasteiger partial charge in [0.05, 0.1) is 11.6 Å². The molecule has 4 rings (SSSR count). The van der Waals surface area contributed by atoms with Gasteiger partial charge in [0.15, 0.2) is 11.5 Å². The minimum atomic E-state index is -0.593. The maximum atomic E-state index is 12.3. The lowest BCUT2D eigenvalue weighted by molar-refractivity contribution is -0.120. The second-order valence-electron chi connectivity index (χ2n) is 5.99. The first-order chi connectivity index (χ1) is 14.0. The van der Waals surface area contributed by atoms with E-state index in [1.54, 1.807) is 12.1 Å². The van der Waals surface area contributed by atoms with Crippen molar-refractivity contribution in [2.24, 2.45) is 0 Å². The molecule has 10 heteroatoms. The number of hydrazine groups is 1. The summed E-state index contributed by atoms with van der Waals surface area (Å²) in [6, 6.07) is 12.0. The summed E-state index contributed by atoms with van der Waals surface area (Å²) in [7, 11) is 0. The van der Waals surface area contributed by atoms with E-state index in [2.05, 4.69) is 16.2 Å². The molecule has 2 aromatic carbocycles. The third kappa shape index (κ3) is 3.96. The van der Waals surface area contributed by atoms with Crippen molar-refractivity contribution >= 4 is 50.7 Å². The molecule has 0 bridgehead atoms. The molecule has 1 aliphatic heterocycles. The molecule has 148 valence electrons. The van der Waals surface area contributed by atoms with Crippen LogP contribution in [0.15, 0.2) is 42.5 Å². The van der Waals surface area contributed by atoms with Gasteiger partial charge in [-0.2, -0.15) is 0 Å². The predicted octanol–water partition coefficient (Wildman–Crippen LogP) is 2.47. The maximum Gasteiger partial charge on any atom is 0.269 e. The minimum Gasteiger partial charge on any atom is -0.454 e. The quantitative estimate of drug-likeness (QED) is 0.550. The zero-order valence-corrected chi connectivity index (χ0v) is 16.4. The van der Waals surface area contributed by atoms with Gasteiger partial charge in [0, 0.05) is 15.6 Å². The van der Waals surface area contributed by atoms with Crippen LogP contribution in [0.3, 0.4) is 0 Å². The molecule has 0 unspecified atom stereocenters. The van der Waals surface area contributed by atoms with Gasteiger partial charge in [-0.1, -0.05) is 29.8 Å². The summed E-state index contributed by atoms with van der Waals surface area (Å²) in [6.45, 7) is -0.231. The minimum absolute atomic E-state index is 0.0979. The Morgan fingerprint density at radius 2 is 1.79 bits per heavy atom. The Kier molecular flexibility index (Phi) is 5.24. The number of carbonyl (C=O) groups is 3. The molecule has 1 aliphatic rings. The van der Waals surface area contributed by atoms with Gasteiger partial charge >= 0.3 is 0 Å². The highest BCUT2D eigenvalue weighted by Crippen LogP contribution is 2.35. The highest BCUT2D eigenvalue weighted by molar-refractivity contribution is 7.21. The first kappa shape index (κ1) is 19.0. The number of amides is 3. The number of carbonyl (C=O) groups excluding carboxylic acids is 3. The summed E-state index contributed by atoms with van der Waals surface area (Å²) in [6.07, 6.45) is 0. The zero-order valence-electron chi connectivity index (χ0n) is 14.8. The summed E-state index contributed by atoms with van der Waals surface area (Å²) >= 11 is 7.49. The molecule has 0 spiro atoms. The second-order valence-corrected chi connectivity index (χ2v) is 7.42. The molecule has 0 atom stereocenters. The van der Waals surface area contributed by atoms with E-state index >= 15 is 0 Å². The van der Waals surface area contributed by atoms with Gasteiger partial charge in [-0.25, -0.2) is 0 Å². The van der Waals surface area contributed by atoms with Gasteiger partial charge in [0.25, 0.3) is 17.7 Å². The topological polar surface area (TPSA) is 106 Å². The highest BCUT2D eigenvalue weighted by Gasteiger charge is 2.18. The van der Waals surface area contributed by atoms with Crippen LogP contribution in [0.4, 0.5) is 0 Å². The molecular weight excluding hydrogens is 418 g/mol. The highest BCUT2D eigenvalue weighted by atomic mass is 35.5. The Labute approximate surface area is 173 Å². The van der Waals surface area contributed by atoms with E-state index in [0.29, 0.717) is 21.4 Å². The molecule has 1 aromatic heterocycles. The SMILES string of the molecule is O=C(CNC(=O)c1sc2ccccc2c1Cl)NNC(=O)c1ccc2c(c1)OCO2. The van der Waals surface area contributed by atoms with E-state index in [1.165, 1.54) is 17.4 Å². The zero-order chi connectivity index (χ0) is 20.4. The fourth-order valence-electron chi connectivity index (χ4n) is 2.68. The van der Waals surface area contributed by atoms with E-state index in [1.807, 2.05) is 24.3 Å². The number of fused-ring (bicyclic) bond motifs is 2. The average Bonchev–Trinajstić information content (AvgIpc) is 3.34. The molecule has 0 radical (unpaired) electrons. The fraction of sp³-hybridized carbons (Fsp3) is 0.105. The van der Waals surface area contributed by atoms with Crippen LogP contribution in [0.1, 0.15) is 20.0 Å².